The molecule has 0 atom stereocenters. The molecule has 1 aliphatic heterocycles. The fourth-order valence-electron chi connectivity index (χ4n) is 2.81. The van der Waals surface area contributed by atoms with Crippen LogP contribution in [0.25, 0.3) is 10.7 Å². The number of hydrogen-bond acceptors (Lipinski definition) is 4. The van der Waals surface area contributed by atoms with Crippen LogP contribution in [0.4, 0.5) is 0 Å². The van der Waals surface area contributed by atoms with Crippen molar-refractivity contribution < 1.29 is 4.79 Å². The summed E-state index contributed by atoms with van der Waals surface area (Å²) in [6.45, 7) is 3.41. The molecular weight excluding hydrogens is 282 g/mol. The molecule has 1 saturated heterocycles. The number of likely N-dealkylation sites (tertiary alicyclic amines) is 1. The topological polar surface area (TPSA) is 46.1 Å². The molecule has 1 aliphatic rings. The molecule has 1 amide bonds. The summed E-state index contributed by atoms with van der Waals surface area (Å²) >= 11 is 1.62. The monoisotopic (exact) mass is 301 g/mol. The quantitative estimate of drug-likeness (QED) is 0.875. The van der Waals surface area contributed by atoms with Gasteiger partial charge in [-0.3, -0.25) is 9.78 Å². The van der Waals surface area contributed by atoms with Crippen molar-refractivity contribution in [1.82, 2.24) is 14.9 Å². The second-order valence-electron chi connectivity index (χ2n) is 5.50. The van der Waals surface area contributed by atoms with Gasteiger partial charge in [0.1, 0.15) is 5.01 Å². The van der Waals surface area contributed by atoms with Crippen molar-refractivity contribution in [3.63, 3.8) is 0 Å². The van der Waals surface area contributed by atoms with E-state index in [2.05, 4.69) is 17.1 Å². The van der Waals surface area contributed by atoms with E-state index in [1.807, 2.05) is 22.5 Å². The van der Waals surface area contributed by atoms with Crippen LogP contribution in [0.1, 0.15) is 25.5 Å². The Hall–Kier alpha value is -1.75. The summed E-state index contributed by atoms with van der Waals surface area (Å²) in [7, 11) is 0. The standard InChI is InChI=1S/C16H19N3OS/c1-12(20)19-8-5-13(6-9-19)11-14-3-2-4-15(18-14)16-17-7-10-21-16/h2-4,7,10,13H,5-6,8-9,11H2,1H3. The minimum absolute atomic E-state index is 0.192. The molecule has 0 radical (unpaired) electrons. The first kappa shape index (κ1) is 14.2. The molecule has 0 bridgehead atoms. The van der Waals surface area contributed by atoms with Gasteiger partial charge in [-0.1, -0.05) is 6.07 Å². The highest BCUT2D eigenvalue weighted by Crippen LogP contribution is 2.23. The number of carbonyl (C=O) groups is 1. The Balaban J connectivity index is 1.64. The molecule has 3 heterocycles. The second-order valence-corrected chi connectivity index (χ2v) is 6.40. The van der Waals surface area contributed by atoms with Crippen LogP contribution in [0.3, 0.4) is 0 Å². The van der Waals surface area contributed by atoms with Crippen LogP contribution < -0.4 is 0 Å². The Bertz CT molecular complexity index is 604. The first-order valence-electron chi connectivity index (χ1n) is 7.33. The maximum absolute atomic E-state index is 11.3. The third-order valence-electron chi connectivity index (χ3n) is 4.02. The Kier molecular flexibility index (Phi) is 4.29. The number of thiazole rings is 1. The third-order valence-corrected chi connectivity index (χ3v) is 4.81. The van der Waals surface area contributed by atoms with Gasteiger partial charge in [0.2, 0.25) is 5.91 Å². The summed E-state index contributed by atoms with van der Waals surface area (Å²) < 4.78 is 0. The zero-order valence-electron chi connectivity index (χ0n) is 12.2. The van der Waals surface area contributed by atoms with E-state index in [0.29, 0.717) is 5.92 Å². The van der Waals surface area contributed by atoms with Crippen LogP contribution in [-0.2, 0) is 11.2 Å². The first-order chi connectivity index (χ1) is 10.2. The van der Waals surface area contributed by atoms with Gasteiger partial charge in [0.15, 0.2) is 0 Å². The van der Waals surface area contributed by atoms with E-state index in [1.165, 1.54) is 0 Å². The minimum Gasteiger partial charge on any atom is -0.343 e. The number of aromatic nitrogens is 2. The summed E-state index contributed by atoms with van der Waals surface area (Å²) in [5.41, 5.74) is 2.09. The van der Waals surface area contributed by atoms with Crippen molar-refractivity contribution in [2.24, 2.45) is 5.92 Å². The highest BCUT2D eigenvalue weighted by atomic mass is 32.1. The Morgan fingerprint density at radius 3 is 2.86 bits per heavy atom. The van der Waals surface area contributed by atoms with Crippen LogP contribution >= 0.6 is 11.3 Å². The number of hydrogen-bond donors (Lipinski definition) is 0. The number of amides is 1. The number of carbonyl (C=O) groups excluding carboxylic acids is 1. The molecule has 2 aromatic heterocycles. The van der Waals surface area contributed by atoms with Gasteiger partial charge in [0, 0.05) is 37.3 Å². The van der Waals surface area contributed by atoms with Crippen LogP contribution in [0.2, 0.25) is 0 Å². The second kappa shape index (κ2) is 6.35. The Morgan fingerprint density at radius 1 is 1.38 bits per heavy atom. The molecule has 0 N–H and O–H groups in total. The molecule has 1 fully saturated rings. The van der Waals surface area contributed by atoms with E-state index < -0.39 is 0 Å². The van der Waals surface area contributed by atoms with Crippen LogP contribution in [-0.4, -0.2) is 33.9 Å². The molecule has 4 nitrogen and oxygen atoms in total. The van der Waals surface area contributed by atoms with Crippen molar-refractivity contribution in [1.29, 1.82) is 0 Å². The molecule has 3 rings (SSSR count). The number of piperidine rings is 1. The number of rotatable bonds is 3. The van der Waals surface area contributed by atoms with Gasteiger partial charge in [-0.15, -0.1) is 11.3 Å². The normalized spacial score (nSPS) is 16.1. The van der Waals surface area contributed by atoms with E-state index in [1.54, 1.807) is 18.3 Å². The van der Waals surface area contributed by atoms with Crippen molar-refractivity contribution in [2.45, 2.75) is 26.2 Å². The predicted octanol–water partition coefficient (Wildman–Crippen LogP) is 3.01. The molecule has 110 valence electrons. The maximum Gasteiger partial charge on any atom is 0.219 e. The number of pyridine rings is 1. The highest BCUT2D eigenvalue weighted by Gasteiger charge is 2.21. The molecule has 0 aliphatic carbocycles. The summed E-state index contributed by atoms with van der Waals surface area (Å²) in [5.74, 6) is 0.817. The van der Waals surface area contributed by atoms with Crippen LogP contribution in [0, 0.1) is 5.92 Å². The Morgan fingerprint density at radius 2 is 2.19 bits per heavy atom. The smallest absolute Gasteiger partial charge is 0.219 e. The summed E-state index contributed by atoms with van der Waals surface area (Å²) in [4.78, 5) is 22.3. The molecular formula is C16H19N3OS. The molecule has 2 aromatic rings. The van der Waals surface area contributed by atoms with E-state index in [-0.39, 0.29) is 5.91 Å². The molecule has 5 heteroatoms. The molecule has 21 heavy (non-hydrogen) atoms. The van der Waals surface area contributed by atoms with E-state index >= 15 is 0 Å². The van der Waals surface area contributed by atoms with Crippen molar-refractivity contribution in [3.8, 4) is 10.7 Å². The molecule has 0 aromatic carbocycles. The summed E-state index contributed by atoms with van der Waals surface area (Å²) in [6, 6.07) is 6.17. The lowest BCUT2D eigenvalue weighted by Gasteiger charge is -2.31. The minimum atomic E-state index is 0.192. The average molecular weight is 301 g/mol. The largest absolute Gasteiger partial charge is 0.343 e. The first-order valence-corrected chi connectivity index (χ1v) is 8.21. The van der Waals surface area contributed by atoms with E-state index in [0.717, 1.165) is 48.7 Å². The number of nitrogens with zero attached hydrogens (tertiary/aromatic N) is 3. The lowest BCUT2D eigenvalue weighted by molar-refractivity contribution is -0.130. The van der Waals surface area contributed by atoms with Gasteiger partial charge in [-0.2, -0.15) is 0 Å². The summed E-state index contributed by atoms with van der Waals surface area (Å²) in [5, 5.41) is 2.95. The van der Waals surface area contributed by atoms with Crippen LogP contribution in [0.5, 0.6) is 0 Å². The third kappa shape index (κ3) is 3.47. The molecule has 0 spiro atoms. The van der Waals surface area contributed by atoms with Gasteiger partial charge >= 0.3 is 0 Å². The zero-order valence-corrected chi connectivity index (χ0v) is 13.0. The van der Waals surface area contributed by atoms with Crippen LogP contribution in [0.15, 0.2) is 29.8 Å². The lowest BCUT2D eigenvalue weighted by Crippen LogP contribution is -2.37. The molecule has 0 unspecified atom stereocenters. The average Bonchev–Trinajstić information content (AvgIpc) is 3.02. The highest BCUT2D eigenvalue weighted by molar-refractivity contribution is 7.13. The van der Waals surface area contributed by atoms with Gasteiger partial charge < -0.3 is 4.90 Å². The van der Waals surface area contributed by atoms with Crippen molar-refractivity contribution >= 4 is 17.2 Å². The Labute approximate surface area is 128 Å². The van der Waals surface area contributed by atoms with Gasteiger partial charge in [-0.05, 0) is 37.3 Å². The fraction of sp³-hybridized carbons (Fsp3) is 0.438. The van der Waals surface area contributed by atoms with Crippen molar-refractivity contribution in [2.75, 3.05) is 13.1 Å². The van der Waals surface area contributed by atoms with E-state index in [4.69, 9.17) is 4.98 Å². The molecule has 0 saturated carbocycles. The summed E-state index contributed by atoms with van der Waals surface area (Å²) in [6.07, 6.45) is 4.95. The van der Waals surface area contributed by atoms with Gasteiger partial charge in [-0.25, -0.2) is 4.98 Å². The maximum atomic E-state index is 11.3. The van der Waals surface area contributed by atoms with Gasteiger partial charge in [0.25, 0.3) is 0 Å². The van der Waals surface area contributed by atoms with Crippen molar-refractivity contribution in [3.05, 3.63) is 35.5 Å². The predicted molar refractivity (Wildman–Crippen MR) is 84.0 cm³/mol. The van der Waals surface area contributed by atoms with E-state index in [9.17, 15) is 4.79 Å². The zero-order chi connectivity index (χ0) is 14.7. The fourth-order valence-corrected chi connectivity index (χ4v) is 3.42. The SMILES string of the molecule is CC(=O)N1CCC(Cc2cccc(-c3nccs3)n2)CC1. The van der Waals surface area contributed by atoms with Gasteiger partial charge in [0.05, 0.1) is 5.69 Å². The lowest BCUT2D eigenvalue weighted by atomic mass is 9.92.